The van der Waals surface area contributed by atoms with Crippen LogP contribution in [0.25, 0.3) is 0 Å². The van der Waals surface area contributed by atoms with Crippen LogP contribution in [0.5, 0.6) is 0 Å². The van der Waals surface area contributed by atoms with Crippen LogP contribution in [0.4, 0.5) is 0 Å². The molecular weight excluding hydrogens is 244 g/mol. The van der Waals surface area contributed by atoms with Crippen molar-refractivity contribution in [1.29, 1.82) is 0 Å². The Labute approximate surface area is 119 Å². The van der Waals surface area contributed by atoms with Gasteiger partial charge in [0.15, 0.2) is 0 Å². The van der Waals surface area contributed by atoms with Crippen molar-refractivity contribution in [2.24, 2.45) is 11.8 Å². The molecule has 0 aromatic rings. The molecule has 3 heteroatoms. The van der Waals surface area contributed by atoms with Gasteiger partial charge in [0.1, 0.15) is 0 Å². The molecule has 2 fully saturated rings. The maximum Gasteiger partial charge on any atom is 0.00925 e. The van der Waals surface area contributed by atoms with Crippen LogP contribution < -0.4 is 5.32 Å². The van der Waals surface area contributed by atoms with E-state index in [-0.39, 0.29) is 12.4 Å². The van der Waals surface area contributed by atoms with Gasteiger partial charge in [-0.2, -0.15) is 0 Å². The zero-order chi connectivity index (χ0) is 12.1. The normalized spacial score (nSPS) is 33.2. The number of halogens is 1. The molecule has 1 N–H and O–H groups in total. The third-order valence-corrected chi connectivity index (χ3v) is 4.96. The largest absolute Gasteiger partial charge is 0.316 e. The fourth-order valence-corrected chi connectivity index (χ4v) is 3.63. The Morgan fingerprint density at radius 3 is 2.33 bits per heavy atom. The van der Waals surface area contributed by atoms with Crippen molar-refractivity contribution < 1.29 is 0 Å². The van der Waals surface area contributed by atoms with Crippen molar-refractivity contribution in [2.75, 3.05) is 26.7 Å². The molecule has 18 heavy (non-hydrogen) atoms. The molecule has 0 aromatic heterocycles. The molecule has 1 aliphatic heterocycles. The second-order valence-corrected chi connectivity index (χ2v) is 6.23. The van der Waals surface area contributed by atoms with Crippen molar-refractivity contribution in [2.45, 2.75) is 57.9 Å². The van der Waals surface area contributed by atoms with Gasteiger partial charge >= 0.3 is 0 Å². The van der Waals surface area contributed by atoms with Crippen molar-refractivity contribution in [3.05, 3.63) is 0 Å². The molecule has 108 valence electrons. The first-order valence-corrected chi connectivity index (χ1v) is 7.70. The summed E-state index contributed by atoms with van der Waals surface area (Å²) < 4.78 is 0. The van der Waals surface area contributed by atoms with Crippen LogP contribution in [-0.4, -0.2) is 37.6 Å². The molecule has 1 saturated carbocycles. The van der Waals surface area contributed by atoms with E-state index in [4.69, 9.17) is 0 Å². The quantitative estimate of drug-likeness (QED) is 0.846. The lowest BCUT2D eigenvalue weighted by molar-refractivity contribution is 0.136. The Morgan fingerprint density at radius 1 is 1.06 bits per heavy atom. The Balaban J connectivity index is 0.00000162. The fourth-order valence-electron chi connectivity index (χ4n) is 3.63. The number of hydrogen-bond acceptors (Lipinski definition) is 2. The molecule has 1 saturated heterocycles. The van der Waals surface area contributed by atoms with Gasteiger partial charge in [-0.05, 0) is 70.5 Å². The van der Waals surface area contributed by atoms with Gasteiger partial charge in [-0.15, -0.1) is 12.4 Å². The highest BCUT2D eigenvalue weighted by atomic mass is 35.5. The molecule has 2 nitrogen and oxygen atoms in total. The van der Waals surface area contributed by atoms with E-state index in [1.165, 1.54) is 64.6 Å². The summed E-state index contributed by atoms with van der Waals surface area (Å²) in [6, 6.07) is 0.875. The van der Waals surface area contributed by atoms with Gasteiger partial charge in [-0.3, -0.25) is 0 Å². The van der Waals surface area contributed by atoms with E-state index in [2.05, 4.69) is 24.2 Å². The van der Waals surface area contributed by atoms with E-state index < -0.39 is 0 Å². The van der Waals surface area contributed by atoms with Crippen molar-refractivity contribution in [3.8, 4) is 0 Å². The summed E-state index contributed by atoms with van der Waals surface area (Å²) in [6.45, 7) is 6.15. The highest BCUT2D eigenvalue weighted by Crippen LogP contribution is 2.29. The van der Waals surface area contributed by atoms with Gasteiger partial charge < -0.3 is 10.2 Å². The van der Waals surface area contributed by atoms with E-state index in [9.17, 15) is 0 Å². The average Bonchev–Trinajstić information content (AvgIpc) is 2.40. The first-order chi connectivity index (χ1) is 8.29. The molecule has 1 atom stereocenters. The lowest BCUT2D eigenvalue weighted by Gasteiger charge is -2.37. The summed E-state index contributed by atoms with van der Waals surface area (Å²) in [7, 11) is 2.35. The van der Waals surface area contributed by atoms with Crippen LogP contribution in [0.3, 0.4) is 0 Å². The van der Waals surface area contributed by atoms with E-state index in [1.807, 2.05) is 0 Å². The predicted molar refractivity (Wildman–Crippen MR) is 81.5 cm³/mol. The standard InChI is InChI=1S/C15H30N2.ClH/c1-3-13-6-8-15(9-7-13)17(2)12-14-5-4-10-16-11-14;/h13-16H,3-12H2,1-2H3;1H. The topological polar surface area (TPSA) is 15.3 Å². The maximum atomic E-state index is 3.53. The van der Waals surface area contributed by atoms with Crippen molar-refractivity contribution in [3.63, 3.8) is 0 Å². The predicted octanol–water partition coefficient (Wildman–Crippen LogP) is 3.31. The zero-order valence-electron chi connectivity index (χ0n) is 12.2. The third-order valence-electron chi connectivity index (χ3n) is 4.96. The Morgan fingerprint density at radius 2 is 1.78 bits per heavy atom. The van der Waals surface area contributed by atoms with Gasteiger partial charge in [0.25, 0.3) is 0 Å². The van der Waals surface area contributed by atoms with Gasteiger partial charge in [0, 0.05) is 12.6 Å². The molecule has 2 rings (SSSR count). The minimum absolute atomic E-state index is 0. The minimum atomic E-state index is 0. The lowest BCUT2D eigenvalue weighted by Crippen LogP contribution is -2.42. The molecule has 2 aliphatic rings. The molecule has 0 amide bonds. The van der Waals surface area contributed by atoms with Crippen LogP contribution in [0.15, 0.2) is 0 Å². The SMILES string of the molecule is CCC1CCC(N(C)CC2CCCNC2)CC1.Cl. The maximum absolute atomic E-state index is 3.53. The molecule has 1 aliphatic carbocycles. The van der Waals surface area contributed by atoms with Gasteiger partial charge in [0.05, 0.1) is 0 Å². The lowest BCUT2D eigenvalue weighted by atomic mass is 9.83. The summed E-state index contributed by atoms with van der Waals surface area (Å²) in [5, 5.41) is 3.53. The molecule has 0 aromatic carbocycles. The van der Waals surface area contributed by atoms with Gasteiger partial charge in [0.2, 0.25) is 0 Å². The van der Waals surface area contributed by atoms with Gasteiger partial charge in [-0.25, -0.2) is 0 Å². The number of nitrogens with zero attached hydrogens (tertiary/aromatic N) is 1. The van der Waals surface area contributed by atoms with E-state index in [1.54, 1.807) is 0 Å². The minimum Gasteiger partial charge on any atom is -0.316 e. The zero-order valence-corrected chi connectivity index (χ0v) is 13.0. The number of piperidine rings is 1. The monoisotopic (exact) mass is 274 g/mol. The number of hydrogen-bond donors (Lipinski definition) is 1. The number of rotatable bonds is 4. The molecule has 1 unspecified atom stereocenters. The fraction of sp³-hybridized carbons (Fsp3) is 1.00. The Kier molecular flexibility index (Phi) is 7.59. The number of nitrogens with one attached hydrogen (secondary N) is 1. The Hall–Kier alpha value is 0.210. The average molecular weight is 275 g/mol. The molecule has 0 spiro atoms. The Bertz CT molecular complexity index is 209. The summed E-state index contributed by atoms with van der Waals surface area (Å²) in [4.78, 5) is 2.66. The van der Waals surface area contributed by atoms with Crippen LogP contribution in [0, 0.1) is 11.8 Å². The summed E-state index contributed by atoms with van der Waals surface area (Å²) in [5.41, 5.74) is 0. The molecule has 1 heterocycles. The first-order valence-electron chi connectivity index (χ1n) is 7.70. The van der Waals surface area contributed by atoms with Crippen molar-refractivity contribution >= 4 is 12.4 Å². The second-order valence-electron chi connectivity index (χ2n) is 6.23. The van der Waals surface area contributed by atoms with Crippen LogP contribution in [-0.2, 0) is 0 Å². The van der Waals surface area contributed by atoms with E-state index in [0.29, 0.717) is 0 Å². The van der Waals surface area contributed by atoms with Crippen molar-refractivity contribution in [1.82, 2.24) is 10.2 Å². The van der Waals surface area contributed by atoms with Gasteiger partial charge in [-0.1, -0.05) is 13.3 Å². The first kappa shape index (κ1) is 16.3. The highest BCUT2D eigenvalue weighted by molar-refractivity contribution is 5.85. The molecular formula is C15H31ClN2. The summed E-state index contributed by atoms with van der Waals surface area (Å²) >= 11 is 0. The van der Waals surface area contributed by atoms with E-state index in [0.717, 1.165) is 17.9 Å². The van der Waals surface area contributed by atoms with Crippen LogP contribution in [0.2, 0.25) is 0 Å². The highest BCUT2D eigenvalue weighted by Gasteiger charge is 2.25. The second kappa shape index (κ2) is 8.39. The third kappa shape index (κ3) is 4.71. The summed E-state index contributed by atoms with van der Waals surface area (Å²) in [6.07, 6.45) is 10.0. The van der Waals surface area contributed by atoms with E-state index >= 15 is 0 Å². The summed E-state index contributed by atoms with van der Waals surface area (Å²) in [5.74, 6) is 1.92. The smallest absolute Gasteiger partial charge is 0.00925 e. The van der Waals surface area contributed by atoms with Crippen LogP contribution >= 0.6 is 12.4 Å². The van der Waals surface area contributed by atoms with Crippen LogP contribution in [0.1, 0.15) is 51.9 Å². The molecule has 0 bridgehead atoms. The molecule has 0 radical (unpaired) electrons.